The van der Waals surface area contributed by atoms with Gasteiger partial charge < -0.3 is 5.32 Å². The average molecular weight is 298 g/mol. The lowest BCUT2D eigenvalue weighted by Gasteiger charge is -2.15. The smallest absolute Gasteiger partial charge is 0.144 e. The maximum atomic E-state index is 4.65. The summed E-state index contributed by atoms with van der Waals surface area (Å²) in [6.07, 6.45) is 7.85. The molecule has 0 bridgehead atoms. The van der Waals surface area contributed by atoms with E-state index in [4.69, 9.17) is 0 Å². The molecule has 3 nitrogen and oxygen atoms in total. The fourth-order valence-electron chi connectivity index (χ4n) is 2.47. The Morgan fingerprint density at radius 1 is 1.12 bits per heavy atom. The fourth-order valence-corrected chi connectivity index (χ4v) is 2.84. The number of aromatic nitrogens is 2. The average Bonchev–Trinajstić information content (AvgIpc) is 2.61. The molecule has 2 rings (SSSR count). The largest absolute Gasteiger partial charge is 0.372 e. The van der Waals surface area contributed by atoms with Crippen LogP contribution >= 0.6 is 15.9 Å². The molecule has 4 heteroatoms. The van der Waals surface area contributed by atoms with Gasteiger partial charge in [-0.1, -0.05) is 25.7 Å². The highest BCUT2D eigenvalue weighted by molar-refractivity contribution is 9.10. The summed E-state index contributed by atoms with van der Waals surface area (Å²) in [5.41, 5.74) is 1.03. The van der Waals surface area contributed by atoms with Crippen molar-refractivity contribution in [1.82, 2.24) is 9.97 Å². The maximum Gasteiger partial charge on any atom is 0.144 e. The molecule has 94 valence electrons. The van der Waals surface area contributed by atoms with Crippen molar-refractivity contribution in [1.29, 1.82) is 0 Å². The number of aryl methyl sites for hydroxylation is 1. The zero-order valence-electron chi connectivity index (χ0n) is 10.6. The van der Waals surface area contributed by atoms with E-state index in [1.807, 2.05) is 14.0 Å². The summed E-state index contributed by atoms with van der Waals surface area (Å²) >= 11 is 3.53. The molecule has 1 N–H and O–H groups in total. The van der Waals surface area contributed by atoms with E-state index in [1.54, 1.807) is 0 Å². The van der Waals surface area contributed by atoms with Crippen LogP contribution in [0.5, 0.6) is 0 Å². The molecule has 0 amide bonds. The number of nitrogens with one attached hydrogen (secondary N) is 1. The van der Waals surface area contributed by atoms with Gasteiger partial charge in [-0.15, -0.1) is 0 Å². The second-order valence-electron chi connectivity index (χ2n) is 4.77. The van der Waals surface area contributed by atoms with Crippen LogP contribution in [0.25, 0.3) is 0 Å². The Bertz CT molecular complexity index is 384. The van der Waals surface area contributed by atoms with Crippen molar-refractivity contribution in [2.24, 2.45) is 0 Å². The van der Waals surface area contributed by atoms with Crippen LogP contribution in [-0.4, -0.2) is 17.0 Å². The topological polar surface area (TPSA) is 37.8 Å². The van der Waals surface area contributed by atoms with Gasteiger partial charge >= 0.3 is 0 Å². The molecule has 0 unspecified atom stereocenters. The van der Waals surface area contributed by atoms with Gasteiger partial charge in [0.05, 0.1) is 10.2 Å². The molecular weight excluding hydrogens is 278 g/mol. The lowest BCUT2D eigenvalue weighted by Crippen LogP contribution is -2.08. The first kappa shape index (κ1) is 12.8. The third-order valence-electron chi connectivity index (χ3n) is 3.49. The van der Waals surface area contributed by atoms with Crippen LogP contribution in [0.2, 0.25) is 0 Å². The van der Waals surface area contributed by atoms with E-state index in [0.717, 1.165) is 21.8 Å². The normalized spacial score (nSPS) is 17.8. The minimum atomic E-state index is 0.552. The Morgan fingerprint density at radius 2 is 1.76 bits per heavy atom. The highest BCUT2D eigenvalue weighted by Crippen LogP contribution is 2.32. The Kier molecular flexibility index (Phi) is 4.37. The highest BCUT2D eigenvalue weighted by atomic mass is 79.9. The van der Waals surface area contributed by atoms with E-state index in [-0.39, 0.29) is 0 Å². The zero-order chi connectivity index (χ0) is 12.3. The summed E-state index contributed by atoms with van der Waals surface area (Å²) in [6, 6.07) is 0. The number of nitrogens with zero attached hydrogens (tertiary/aromatic N) is 2. The predicted octanol–water partition coefficient (Wildman–Crippen LogP) is 4.03. The molecule has 0 atom stereocenters. The first-order valence-electron chi connectivity index (χ1n) is 6.44. The third kappa shape index (κ3) is 2.97. The van der Waals surface area contributed by atoms with Crippen molar-refractivity contribution in [3.05, 3.63) is 16.0 Å². The van der Waals surface area contributed by atoms with Crippen molar-refractivity contribution >= 4 is 21.7 Å². The van der Waals surface area contributed by atoms with E-state index in [2.05, 4.69) is 31.2 Å². The van der Waals surface area contributed by atoms with Crippen LogP contribution in [0.3, 0.4) is 0 Å². The van der Waals surface area contributed by atoms with E-state index in [1.165, 1.54) is 38.5 Å². The number of halogens is 1. The number of anilines is 1. The second kappa shape index (κ2) is 5.80. The first-order valence-corrected chi connectivity index (χ1v) is 7.23. The molecular formula is C13H20BrN3. The van der Waals surface area contributed by atoms with Crippen LogP contribution in [0.4, 0.5) is 5.82 Å². The minimum absolute atomic E-state index is 0.552. The predicted molar refractivity (Wildman–Crippen MR) is 74.5 cm³/mol. The molecule has 0 radical (unpaired) electrons. The molecule has 1 aliphatic carbocycles. The van der Waals surface area contributed by atoms with Gasteiger partial charge in [-0.05, 0) is 35.7 Å². The fraction of sp³-hybridized carbons (Fsp3) is 0.692. The SMILES string of the molecule is CNc1nc(C2CCCCCC2)nc(C)c1Br. The Hall–Kier alpha value is -0.640. The number of hydrogen-bond acceptors (Lipinski definition) is 3. The monoisotopic (exact) mass is 297 g/mol. The van der Waals surface area contributed by atoms with E-state index < -0.39 is 0 Å². The van der Waals surface area contributed by atoms with Gasteiger partial charge in [-0.3, -0.25) is 0 Å². The van der Waals surface area contributed by atoms with Crippen molar-refractivity contribution < 1.29 is 0 Å². The number of rotatable bonds is 2. The van der Waals surface area contributed by atoms with Crippen molar-refractivity contribution in [3.63, 3.8) is 0 Å². The highest BCUT2D eigenvalue weighted by Gasteiger charge is 2.19. The summed E-state index contributed by atoms with van der Waals surface area (Å²) in [6.45, 7) is 2.03. The molecule has 1 aromatic heterocycles. The molecule has 1 heterocycles. The van der Waals surface area contributed by atoms with Gasteiger partial charge in [-0.25, -0.2) is 9.97 Å². The van der Waals surface area contributed by atoms with Crippen LogP contribution in [0.1, 0.15) is 56.0 Å². The molecule has 1 aromatic rings. The van der Waals surface area contributed by atoms with Crippen LogP contribution in [0, 0.1) is 6.92 Å². The van der Waals surface area contributed by atoms with Crippen LogP contribution in [0.15, 0.2) is 4.47 Å². The van der Waals surface area contributed by atoms with E-state index in [0.29, 0.717) is 5.92 Å². The van der Waals surface area contributed by atoms with E-state index in [9.17, 15) is 0 Å². The Labute approximate surface area is 112 Å². The van der Waals surface area contributed by atoms with Gasteiger partial charge in [0, 0.05) is 13.0 Å². The van der Waals surface area contributed by atoms with Crippen molar-refractivity contribution in [3.8, 4) is 0 Å². The quantitative estimate of drug-likeness (QED) is 0.838. The van der Waals surface area contributed by atoms with Crippen molar-refractivity contribution in [2.45, 2.75) is 51.4 Å². The van der Waals surface area contributed by atoms with Gasteiger partial charge in [0.2, 0.25) is 0 Å². The molecule has 17 heavy (non-hydrogen) atoms. The molecule has 1 saturated carbocycles. The molecule has 1 fully saturated rings. The third-order valence-corrected chi connectivity index (χ3v) is 4.44. The summed E-state index contributed by atoms with van der Waals surface area (Å²) < 4.78 is 0.984. The summed E-state index contributed by atoms with van der Waals surface area (Å²) in [5.74, 6) is 2.49. The standard InChI is InChI=1S/C13H20BrN3/c1-9-11(14)13(15-2)17-12(16-9)10-7-5-3-4-6-8-10/h10H,3-8H2,1-2H3,(H,15,16,17). The molecule has 0 aromatic carbocycles. The van der Waals surface area contributed by atoms with Gasteiger partial charge in [-0.2, -0.15) is 0 Å². The lowest BCUT2D eigenvalue weighted by molar-refractivity contribution is 0.559. The first-order chi connectivity index (χ1) is 8.22. The molecule has 1 aliphatic rings. The maximum absolute atomic E-state index is 4.65. The number of hydrogen-bond donors (Lipinski definition) is 1. The summed E-state index contributed by atoms with van der Waals surface area (Å²) in [5, 5.41) is 3.13. The molecule has 0 saturated heterocycles. The zero-order valence-corrected chi connectivity index (χ0v) is 12.2. The van der Waals surface area contributed by atoms with Crippen LogP contribution < -0.4 is 5.32 Å². The van der Waals surface area contributed by atoms with Gasteiger partial charge in [0.25, 0.3) is 0 Å². The lowest BCUT2D eigenvalue weighted by atomic mass is 9.99. The van der Waals surface area contributed by atoms with Gasteiger partial charge in [0.1, 0.15) is 11.6 Å². The van der Waals surface area contributed by atoms with E-state index >= 15 is 0 Å². The Balaban J connectivity index is 2.27. The van der Waals surface area contributed by atoms with Crippen LogP contribution in [-0.2, 0) is 0 Å². The Morgan fingerprint density at radius 3 is 2.35 bits per heavy atom. The molecule has 0 spiro atoms. The second-order valence-corrected chi connectivity index (χ2v) is 5.56. The minimum Gasteiger partial charge on any atom is -0.372 e. The van der Waals surface area contributed by atoms with Crippen molar-refractivity contribution in [2.75, 3.05) is 12.4 Å². The summed E-state index contributed by atoms with van der Waals surface area (Å²) in [4.78, 5) is 9.30. The van der Waals surface area contributed by atoms with Gasteiger partial charge in [0.15, 0.2) is 0 Å². The molecule has 0 aliphatic heterocycles. The summed E-state index contributed by atoms with van der Waals surface area (Å²) in [7, 11) is 1.91.